The molecule has 0 bridgehead atoms. The number of carbonyl (C=O) groups is 2. The molecular weight excluding hydrogens is 332 g/mol. The molecule has 0 aromatic heterocycles. The molecule has 0 radical (unpaired) electrons. The lowest BCUT2D eigenvalue weighted by Crippen LogP contribution is -3.13. The molecule has 1 aliphatic heterocycles. The molecule has 1 fully saturated rings. The maximum absolute atomic E-state index is 12.5. The van der Waals surface area contributed by atoms with Gasteiger partial charge >= 0.3 is 0 Å². The van der Waals surface area contributed by atoms with Gasteiger partial charge in [-0.2, -0.15) is 0 Å². The summed E-state index contributed by atoms with van der Waals surface area (Å²) in [6, 6.07) is 7.21. The van der Waals surface area contributed by atoms with Crippen LogP contribution >= 0.6 is 23.4 Å². The first-order chi connectivity index (χ1) is 11.0. The van der Waals surface area contributed by atoms with Gasteiger partial charge in [0.25, 0.3) is 11.1 Å². The molecule has 0 saturated carbocycles. The number of thioether (sulfide) groups is 1. The number of carbonyl (C=O) groups excluding carboxylic acids is 2. The zero-order valence-electron chi connectivity index (χ0n) is 13.5. The van der Waals surface area contributed by atoms with Crippen molar-refractivity contribution in [3.05, 3.63) is 39.8 Å². The molecule has 1 saturated heterocycles. The monoisotopic (exact) mass is 353 g/mol. The van der Waals surface area contributed by atoms with Crippen LogP contribution in [0.25, 0.3) is 6.08 Å². The summed E-state index contributed by atoms with van der Waals surface area (Å²) in [7, 11) is 0. The van der Waals surface area contributed by atoms with E-state index in [1.165, 1.54) is 9.80 Å². The Morgan fingerprint density at radius 1 is 1.13 bits per heavy atom. The van der Waals surface area contributed by atoms with Crippen LogP contribution in [0.1, 0.15) is 32.3 Å². The van der Waals surface area contributed by atoms with Crippen molar-refractivity contribution in [2.45, 2.75) is 26.7 Å². The van der Waals surface area contributed by atoms with E-state index in [0.29, 0.717) is 16.6 Å². The lowest BCUT2D eigenvalue weighted by molar-refractivity contribution is -0.907. The maximum Gasteiger partial charge on any atom is 0.298 e. The molecule has 0 unspecified atom stereocenters. The van der Waals surface area contributed by atoms with Crippen molar-refractivity contribution < 1.29 is 14.5 Å². The predicted octanol–water partition coefficient (Wildman–Crippen LogP) is 3.04. The molecule has 0 atom stereocenters. The minimum absolute atomic E-state index is 0.181. The third-order valence-corrected chi connectivity index (χ3v) is 4.79. The second kappa shape index (κ2) is 8.52. The van der Waals surface area contributed by atoms with Crippen LogP contribution in [0, 0.1) is 0 Å². The molecule has 1 N–H and O–H groups in total. The van der Waals surface area contributed by atoms with Crippen LogP contribution in [-0.2, 0) is 4.79 Å². The Kier molecular flexibility index (Phi) is 6.69. The van der Waals surface area contributed by atoms with Crippen LogP contribution in [-0.4, -0.2) is 35.8 Å². The summed E-state index contributed by atoms with van der Waals surface area (Å²) in [5.41, 5.74) is 0.867. The fraction of sp³-hybridized carbons (Fsp3) is 0.412. The van der Waals surface area contributed by atoms with E-state index < -0.39 is 0 Å². The van der Waals surface area contributed by atoms with Crippen molar-refractivity contribution in [3.63, 3.8) is 0 Å². The Morgan fingerprint density at radius 3 is 2.30 bits per heavy atom. The summed E-state index contributed by atoms with van der Waals surface area (Å²) >= 11 is 6.87. The Bertz CT molecular complexity index is 595. The molecule has 1 aliphatic rings. The Hall–Kier alpha value is -1.30. The second-order valence-corrected chi connectivity index (χ2v) is 7.00. The van der Waals surface area contributed by atoms with Crippen molar-refractivity contribution >= 4 is 40.6 Å². The number of nitrogens with zero attached hydrogens (tertiary/aromatic N) is 1. The van der Waals surface area contributed by atoms with Crippen molar-refractivity contribution in [3.8, 4) is 0 Å². The molecule has 2 rings (SSSR count). The highest BCUT2D eigenvalue weighted by atomic mass is 35.5. The summed E-state index contributed by atoms with van der Waals surface area (Å²) in [5.74, 6) is -0.195. The highest BCUT2D eigenvalue weighted by Crippen LogP contribution is 2.31. The van der Waals surface area contributed by atoms with Gasteiger partial charge in [-0.05, 0) is 48.4 Å². The van der Waals surface area contributed by atoms with Gasteiger partial charge in [-0.3, -0.25) is 9.59 Å². The number of imide groups is 1. The fourth-order valence-electron chi connectivity index (χ4n) is 2.56. The van der Waals surface area contributed by atoms with Gasteiger partial charge in [0.1, 0.15) is 0 Å². The molecule has 6 heteroatoms. The van der Waals surface area contributed by atoms with Gasteiger partial charge in [0.2, 0.25) is 0 Å². The average Bonchev–Trinajstić information content (AvgIpc) is 2.78. The third kappa shape index (κ3) is 4.83. The lowest BCUT2D eigenvalue weighted by atomic mass is 10.2. The van der Waals surface area contributed by atoms with E-state index in [2.05, 4.69) is 13.8 Å². The van der Waals surface area contributed by atoms with Crippen molar-refractivity contribution in [2.75, 3.05) is 19.8 Å². The van der Waals surface area contributed by atoms with Crippen molar-refractivity contribution in [1.82, 2.24) is 4.90 Å². The first-order valence-corrected chi connectivity index (χ1v) is 9.09. The van der Waals surface area contributed by atoms with Crippen LogP contribution in [0.5, 0.6) is 0 Å². The average molecular weight is 354 g/mol. The molecule has 1 aromatic carbocycles. The van der Waals surface area contributed by atoms with Gasteiger partial charge in [-0.25, -0.2) is 4.90 Å². The van der Waals surface area contributed by atoms with Gasteiger partial charge in [-0.15, -0.1) is 0 Å². The van der Waals surface area contributed by atoms with E-state index in [1.54, 1.807) is 18.2 Å². The van der Waals surface area contributed by atoms with Gasteiger partial charge in [0, 0.05) is 5.02 Å². The minimum atomic E-state index is -0.195. The van der Waals surface area contributed by atoms with Crippen molar-refractivity contribution in [1.29, 1.82) is 0 Å². The molecule has 2 amide bonds. The fourth-order valence-corrected chi connectivity index (χ4v) is 3.52. The predicted molar refractivity (Wildman–Crippen MR) is 95.4 cm³/mol. The lowest BCUT2D eigenvalue weighted by Gasteiger charge is -2.22. The standard InChI is InChI=1S/C17H21ClN2O2S/c1-3-9-19(10-4-2)12-20-16(21)15(23-17(20)22)11-13-5-7-14(18)8-6-13/h5-8,11H,3-4,9-10,12H2,1-2H3/p+1/b15-11+. The highest BCUT2D eigenvalue weighted by Gasteiger charge is 2.37. The van der Waals surface area contributed by atoms with Crippen LogP contribution in [0.15, 0.2) is 29.2 Å². The number of hydrogen-bond donors (Lipinski definition) is 1. The topological polar surface area (TPSA) is 41.8 Å². The van der Waals surface area contributed by atoms with E-state index in [0.717, 1.165) is 43.3 Å². The quantitative estimate of drug-likeness (QED) is 0.766. The van der Waals surface area contributed by atoms with Gasteiger partial charge < -0.3 is 4.90 Å². The summed E-state index contributed by atoms with van der Waals surface area (Å²) in [6.07, 6.45) is 3.82. The summed E-state index contributed by atoms with van der Waals surface area (Å²) in [4.78, 5) is 27.8. The largest absolute Gasteiger partial charge is 0.317 e. The van der Waals surface area contributed by atoms with E-state index in [-0.39, 0.29) is 11.1 Å². The molecule has 23 heavy (non-hydrogen) atoms. The molecular formula is C17H22ClN2O2S+. The normalized spacial score (nSPS) is 16.9. The molecule has 1 aromatic rings. The van der Waals surface area contributed by atoms with Gasteiger partial charge in [0.15, 0.2) is 6.67 Å². The van der Waals surface area contributed by atoms with Crippen LogP contribution < -0.4 is 4.90 Å². The SMILES string of the molecule is CCC[NH+](CCC)CN1C(=O)S/C(=C/c2ccc(Cl)cc2)C1=O. The summed E-state index contributed by atoms with van der Waals surface area (Å²) < 4.78 is 0. The summed E-state index contributed by atoms with van der Waals surface area (Å²) in [6.45, 7) is 6.61. The van der Waals surface area contributed by atoms with Crippen LogP contribution in [0.4, 0.5) is 4.79 Å². The Morgan fingerprint density at radius 2 is 1.74 bits per heavy atom. The third-order valence-electron chi connectivity index (χ3n) is 3.63. The number of amides is 2. The second-order valence-electron chi connectivity index (χ2n) is 5.57. The number of halogens is 1. The molecule has 0 aliphatic carbocycles. The molecule has 4 nitrogen and oxygen atoms in total. The highest BCUT2D eigenvalue weighted by molar-refractivity contribution is 8.18. The van der Waals surface area contributed by atoms with Crippen LogP contribution in [0.2, 0.25) is 5.02 Å². The number of rotatable bonds is 7. The van der Waals surface area contributed by atoms with Crippen LogP contribution in [0.3, 0.4) is 0 Å². The van der Waals surface area contributed by atoms with Gasteiger partial charge in [0.05, 0.1) is 18.0 Å². The van der Waals surface area contributed by atoms with E-state index in [1.807, 2.05) is 12.1 Å². The summed E-state index contributed by atoms with van der Waals surface area (Å²) in [5, 5.41) is 0.466. The molecule has 124 valence electrons. The Labute approximate surface area is 146 Å². The smallest absolute Gasteiger partial charge is 0.298 e. The number of nitrogens with one attached hydrogen (secondary N) is 1. The van der Waals surface area contributed by atoms with E-state index in [9.17, 15) is 9.59 Å². The first kappa shape index (κ1) is 18.0. The zero-order chi connectivity index (χ0) is 16.8. The number of benzene rings is 1. The zero-order valence-corrected chi connectivity index (χ0v) is 15.0. The first-order valence-electron chi connectivity index (χ1n) is 7.89. The number of hydrogen-bond acceptors (Lipinski definition) is 3. The number of quaternary nitrogens is 1. The molecule has 0 spiro atoms. The maximum atomic E-state index is 12.5. The van der Waals surface area contributed by atoms with E-state index in [4.69, 9.17) is 11.6 Å². The van der Waals surface area contributed by atoms with E-state index >= 15 is 0 Å². The molecule has 1 heterocycles. The Balaban J connectivity index is 2.11. The minimum Gasteiger partial charge on any atom is -0.317 e. The van der Waals surface area contributed by atoms with Crippen molar-refractivity contribution in [2.24, 2.45) is 0 Å². The van der Waals surface area contributed by atoms with Gasteiger partial charge in [-0.1, -0.05) is 37.6 Å².